The van der Waals surface area contributed by atoms with Gasteiger partial charge in [0.2, 0.25) is 0 Å². The van der Waals surface area contributed by atoms with Crippen LogP contribution < -0.4 is 5.32 Å². The fourth-order valence-corrected chi connectivity index (χ4v) is 2.47. The molecule has 0 spiro atoms. The van der Waals surface area contributed by atoms with Crippen LogP contribution in [0.2, 0.25) is 0 Å². The lowest BCUT2D eigenvalue weighted by atomic mass is 10.1. The second-order valence-corrected chi connectivity index (χ2v) is 5.51. The molecule has 1 saturated carbocycles. The van der Waals surface area contributed by atoms with E-state index < -0.39 is 0 Å². The highest BCUT2D eigenvalue weighted by molar-refractivity contribution is 5.03. The molecule has 2 atom stereocenters. The first kappa shape index (κ1) is 9.47. The Kier molecular flexibility index (Phi) is 2.37. The molecular weight excluding hydrogens is 160 g/mol. The zero-order valence-electron chi connectivity index (χ0n) is 9.14. The standard InChI is InChI=1S/C11H22N2/c1-9-7-12-4-5-13(8-9)10-6-11(10,2)3/h9-10,12H,4-8H2,1-3H3. The minimum atomic E-state index is 0.601. The van der Waals surface area contributed by atoms with E-state index in [1.807, 2.05) is 0 Å². The first-order valence-electron chi connectivity index (χ1n) is 5.54. The Morgan fingerprint density at radius 1 is 1.38 bits per heavy atom. The van der Waals surface area contributed by atoms with Crippen molar-refractivity contribution in [2.24, 2.45) is 11.3 Å². The van der Waals surface area contributed by atoms with Crippen LogP contribution in [0.25, 0.3) is 0 Å². The Bertz CT molecular complexity index is 189. The summed E-state index contributed by atoms with van der Waals surface area (Å²) >= 11 is 0. The van der Waals surface area contributed by atoms with Gasteiger partial charge in [-0.25, -0.2) is 0 Å². The van der Waals surface area contributed by atoms with Gasteiger partial charge in [-0.3, -0.25) is 4.90 Å². The highest BCUT2D eigenvalue weighted by Gasteiger charge is 2.49. The smallest absolute Gasteiger partial charge is 0.0153 e. The molecule has 0 aromatic heterocycles. The maximum Gasteiger partial charge on any atom is 0.0153 e. The summed E-state index contributed by atoms with van der Waals surface area (Å²) in [5, 5.41) is 3.50. The van der Waals surface area contributed by atoms with E-state index in [1.165, 1.54) is 32.6 Å². The molecule has 2 unspecified atom stereocenters. The van der Waals surface area contributed by atoms with Crippen LogP contribution in [0.1, 0.15) is 27.2 Å². The Morgan fingerprint density at radius 3 is 2.69 bits per heavy atom. The highest BCUT2D eigenvalue weighted by atomic mass is 15.2. The maximum absolute atomic E-state index is 3.50. The monoisotopic (exact) mass is 182 g/mol. The van der Waals surface area contributed by atoms with Crippen molar-refractivity contribution in [1.29, 1.82) is 0 Å². The predicted octanol–water partition coefficient (Wildman–Crippen LogP) is 1.33. The van der Waals surface area contributed by atoms with Crippen molar-refractivity contribution in [3.05, 3.63) is 0 Å². The van der Waals surface area contributed by atoms with E-state index in [9.17, 15) is 0 Å². The zero-order valence-corrected chi connectivity index (χ0v) is 9.14. The van der Waals surface area contributed by atoms with Crippen LogP contribution in [-0.4, -0.2) is 37.1 Å². The summed E-state index contributed by atoms with van der Waals surface area (Å²) in [7, 11) is 0. The minimum absolute atomic E-state index is 0.601. The summed E-state index contributed by atoms with van der Waals surface area (Å²) in [6.07, 6.45) is 1.40. The van der Waals surface area contributed by atoms with Gasteiger partial charge in [-0.2, -0.15) is 0 Å². The molecule has 1 heterocycles. The first-order valence-corrected chi connectivity index (χ1v) is 5.54. The summed E-state index contributed by atoms with van der Waals surface area (Å²) in [6.45, 7) is 12.0. The van der Waals surface area contributed by atoms with Crippen molar-refractivity contribution in [2.75, 3.05) is 26.2 Å². The molecule has 1 saturated heterocycles. The van der Waals surface area contributed by atoms with Crippen LogP contribution in [0, 0.1) is 11.3 Å². The summed E-state index contributed by atoms with van der Waals surface area (Å²) in [5.41, 5.74) is 0.601. The van der Waals surface area contributed by atoms with Gasteiger partial charge in [-0.1, -0.05) is 20.8 Å². The van der Waals surface area contributed by atoms with Crippen molar-refractivity contribution in [3.63, 3.8) is 0 Å². The minimum Gasteiger partial charge on any atom is -0.315 e. The van der Waals surface area contributed by atoms with Crippen LogP contribution in [0.3, 0.4) is 0 Å². The Hall–Kier alpha value is -0.0800. The lowest BCUT2D eigenvalue weighted by molar-refractivity contribution is 0.228. The third kappa shape index (κ3) is 2.05. The van der Waals surface area contributed by atoms with Gasteiger partial charge in [0.15, 0.2) is 0 Å². The molecule has 2 fully saturated rings. The molecular formula is C11H22N2. The van der Waals surface area contributed by atoms with E-state index in [0.29, 0.717) is 5.41 Å². The summed E-state index contributed by atoms with van der Waals surface area (Å²) in [4.78, 5) is 2.69. The highest BCUT2D eigenvalue weighted by Crippen LogP contribution is 2.48. The lowest BCUT2D eigenvalue weighted by Gasteiger charge is -2.23. The third-order valence-electron chi connectivity index (χ3n) is 3.52. The maximum atomic E-state index is 3.50. The third-order valence-corrected chi connectivity index (χ3v) is 3.52. The number of nitrogens with zero attached hydrogens (tertiary/aromatic N) is 1. The molecule has 13 heavy (non-hydrogen) atoms. The lowest BCUT2D eigenvalue weighted by Crippen LogP contribution is -2.33. The van der Waals surface area contributed by atoms with Crippen LogP contribution in [0.5, 0.6) is 0 Å². The van der Waals surface area contributed by atoms with Crippen molar-refractivity contribution in [1.82, 2.24) is 10.2 Å². The quantitative estimate of drug-likeness (QED) is 0.658. The molecule has 2 rings (SSSR count). The Balaban J connectivity index is 1.91. The van der Waals surface area contributed by atoms with Gasteiger partial charge in [-0.15, -0.1) is 0 Å². The molecule has 2 heteroatoms. The summed E-state index contributed by atoms with van der Waals surface area (Å²) < 4.78 is 0. The zero-order chi connectivity index (χ0) is 9.47. The van der Waals surface area contributed by atoms with Gasteiger partial charge in [0.25, 0.3) is 0 Å². The summed E-state index contributed by atoms with van der Waals surface area (Å²) in [5.74, 6) is 0.818. The van der Waals surface area contributed by atoms with Crippen LogP contribution in [0.15, 0.2) is 0 Å². The number of hydrogen-bond acceptors (Lipinski definition) is 2. The van der Waals surface area contributed by atoms with Gasteiger partial charge in [0.05, 0.1) is 0 Å². The SMILES string of the molecule is CC1CNCCN(C2CC2(C)C)C1. The van der Waals surface area contributed by atoms with Crippen LogP contribution >= 0.6 is 0 Å². The molecule has 1 aliphatic carbocycles. The largest absolute Gasteiger partial charge is 0.315 e. The number of rotatable bonds is 1. The second-order valence-electron chi connectivity index (χ2n) is 5.51. The molecule has 2 nitrogen and oxygen atoms in total. The number of nitrogens with one attached hydrogen (secondary N) is 1. The van der Waals surface area contributed by atoms with Crippen molar-refractivity contribution in [2.45, 2.75) is 33.2 Å². The topological polar surface area (TPSA) is 15.3 Å². The molecule has 2 aliphatic rings. The fraction of sp³-hybridized carbons (Fsp3) is 1.00. The molecule has 76 valence electrons. The van der Waals surface area contributed by atoms with E-state index in [4.69, 9.17) is 0 Å². The molecule has 1 aliphatic heterocycles. The van der Waals surface area contributed by atoms with Crippen molar-refractivity contribution < 1.29 is 0 Å². The van der Waals surface area contributed by atoms with Gasteiger partial charge in [0.1, 0.15) is 0 Å². The molecule has 0 aromatic rings. The van der Waals surface area contributed by atoms with Gasteiger partial charge in [-0.05, 0) is 24.3 Å². The second kappa shape index (κ2) is 3.25. The first-order chi connectivity index (χ1) is 6.09. The van der Waals surface area contributed by atoms with Crippen molar-refractivity contribution >= 4 is 0 Å². The van der Waals surface area contributed by atoms with Crippen LogP contribution in [-0.2, 0) is 0 Å². The van der Waals surface area contributed by atoms with E-state index >= 15 is 0 Å². The summed E-state index contributed by atoms with van der Waals surface area (Å²) in [6, 6.07) is 0.870. The Morgan fingerprint density at radius 2 is 2.08 bits per heavy atom. The van der Waals surface area contributed by atoms with Crippen LogP contribution in [0.4, 0.5) is 0 Å². The van der Waals surface area contributed by atoms with Gasteiger partial charge in [0, 0.05) is 25.7 Å². The number of hydrogen-bond donors (Lipinski definition) is 1. The average molecular weight is 182 g/mol. The predicted molar refractivity (Wildman–Crippen MR) is 55.8 cm³/mol. The van der Waals surface area contributed by atoms with Crippen molar-refractivity contribution in [3.8, 4) is 0 Å². The Labute approximate surface area is 81.7 Å². The van der Waals surface area contributed by atoms with Gasteiger partial charge >= 0.3 is 0 Å². The normalized spacial score (nSPS) is 39.9. The molecule has 0 aromatic carbocycles. The van der Waals surface area contributed by atoms with Gasteiger partial charge < -0.3 is 5.32 Å². The fourth-order valence-electron chi connectivity index (χ4n) is 2.47. The average Bonchev–Trinajstić information content (AvgIpc) is 2.70. The van der Waals surface area contributed by atoms with E-state index in [1.54, 1.807) is 0 Å². The molecule has 0 radical (unpaired) electrons. The van der Waals surface area contributed by atoms with E-state index in [0.717, 1.165) is 12.0 Å². The molecule has 0 bridgehead atoms. The molecule has 0 amide bonds. The molecule has 1 N–H and O–H groups in total. The van der Waals surface area contributed by atoms with E-state index in [2.05, 4.69) is 31.0 Å². The van der Waals surface area contributed by atoms with E-state index in [-0.39, 0.29) is 0 Å².